The molecule has 3 aromatic rings. The van der Waals surface area contributed by atoms with Gasteiger partial charge in [-0.15, -0.1) is 10.2 Å². The van der Waals surface area contributed by atoms with Crippen LogP contribution in [0.25, 0.3) is 21.9 Å². The van der Waals surface area contributed by atoms with Gasteiger partial charge in [0.25, 0.3) is 0 Å². The van der Waals surface area contributed by atoms with Crippen molar-refractivity contribution in [3.63, 3.8) is 0 Å². The first-order valence-corrected chi connectivity index (χ1v) is 8.44. The number of fused-ring (bicyclic) bond motifs is 1. The molecule has 4 nitrogen and oxygen atoms in total. The average Bonchev–Trinajstić information content (AvgIpc) is 3.18. The summed E-state index contributed by atoms with van der Waals surface area (Å²) in [6.07, 6.45) is 2.21. The van der Waals surface area contributed by atoms with E-state index in [2.05, 4.69) is 21.8 Å². The zero-order valence-electron chi connectivity index (χ0n) is 13.0. The molecule has 3 rings (SSSR count). The summed E-state index contributed by atoms with van der Waals surface area (Å²) in [6, 6.07) is 0.862. The van der Waals surface area contributed by atoms with Crippen LogP contribution in [-0.2, 0) is 6.18 Å². The molecule has 0 aliphatic carbocycles. The van der Waals surface area contributed by atoms with Gasteiger partial charge in [0.1, 0.15) is 10.7 Å². The Hall–Kier alpha value is -2.19. The lowest BCUT2D eigenvalue weighted by molar-refractivity contribution is -0.137. The molecule has 3 aromatic heterocycles. The Morgan fingerprint density at radius 2 is 2.12 bits per heavy atom. The highest BCUT2D eigenvalue weighted by Gasteiger charge is 2.32. The number of pyridine rings is 1. The van der Waals surface area contributed by atoms with Gasteiger partial charge < -0.3 is 4.40 Å². The number of hydrogen-bond donors (Lipinski definition) is 0. The summed E-state index contributed by atoms with van der Waals surface area (Å²) >= 11 is 7.26. The predicted octanol–water partition coefficient (Wildman–Crippen LogP) is 5.50. The van der Waals surface area contributed by atoms with Gasteiger partial charge >= 0.3 is 6.18 Å². The van der Waals surface area contributed by atoms with E-state index in [0.29, 0.717) is 10.7 Å². The molecule has 3 heterocycles. The number of rotatable bonds is 4. The van der Waals surface area contributed by atoms with E-state index in [4.69, 9.17) is 11.6 Å². The first-order valence-electron chi connectivity index (χ1n) is 7.24. The second-order valence-corrected chi connectivity index (χ2v) is 6.51. The Labute approximate surface area is 150 Å². The molecule has 0 saturated carbocycles. The van der Waals surface area contributed by atoms with E-state index in [1.54, 1.807) is 6.08 Å². The molecule has 9 heteroatoms. The zero-order valence-corrected chi connectivity index (χ0v) is 14.6. The first kappa shape index (κ1) is 17.6. The topological polar surface area (TPSA) is 43.1 Å². The normalized spacial score (nSPS) is 12.8. The van der Waals surface area contributed by atoms with Crippen LogP contribution in [0.5, 0.6) is 0 Å². The lowest BCUT2D eigenvalue weighted by Gasteiger charge is -2.07. The number of nitrogens with zero attached hydrogens (tertiary/aromatic N) is 4. The van der Waals surface area contributed by atoms with Gasteiger partial charge in [-0.1, -0.05) is 48.6 Å². The van der Waals surface area contributed by atoms with Crippen molar-refractivity contribution < 1.29 is 13.2 Å². The van der Waals surface area contributed by atoms with Gasteiger partial charge in [0, 0.05) is 12.4 Å². The van der Waals surface area contributed by atoms with Gasteiger partial charge in [-0.25, -0.2) is 4.98 Å². The van der Waals surface area contributed by atoms with Crippen molar-refractivity contribution in [3.8, 4) is 10.7 Å². The highest BCUT2D eigenvalue weighted by Crippen LogP contribution is 2.34. The molecular weight excluding hydrogens is 373 g/mol. The van der Waals surface area contributed by atoms with E-state index in [-0.39, 0.29) is 10.7 Å². The molecule has 0 fully saturated rings. The van der Waals surface area contributed by atoms with Crippen molar-refractivity contribution in [2.45, 2.75) is 19.5 Å². The zero-order chi connectivity index (χ0) is 18.2. The first-order chi connectivity index (χ1) is 11.8. The third-order valence-corrected chi connectivity index (χ3v) is 4.75. The molecule has 0 saturated heterocycles. The van der Waals surface area contributed by atoms with Crippen molar-refractivity contribution in [1.82, 2.24) is 19.6 Å². The smallest absolute Gasteiger partial charge is 0.305 e. The second-order valence-electron chi connectivity index (χ2n) is 5.13. The second kappa shape index (κ2) is 6.61. The fourth-order valence-electron chi connectivity index (χ4n) is 2.25. The molecule has 130 valence electrons. The number of aromatic nitrogens is 4. The SMILES string of the molecule is C=C/C=C(\CC)c1nnc(-c2cn3cc(C(F)(F)F)cc(Cl)c3n2)s1. The molecule has 0 aromatic carbocycles. The van der Waals surface area contributed by atoms with Gasteiger partial charge in [-0.05, 0) is 18.1 Å². The van der Waals surface area contributed by atoms with Crippen LogP contribution < -0.4 is 0 Å². The summed E-state index contributed by atoms with van der Waals surface area (Å²) in [5.41, 5.74) is 0.784. The maximum Gasteiger partial charge on any atom is 0.417 e. The Morgan fingerprint density at radius 1 is 1.36 bits per heavy atom. The molecule has 0 aliphatic rings. The number of hydrogen-bond acceptors (Lipinski definition) is 4. The highest BCUT2D eigenvalue weighted by molar-refractivity contribution is 7.15. The standard InChI is InChI=1S/C16H12ClF3N4S/c1-3-5-9(4-2)14-22-23-15(25-14)12-8-24-7-10(16(18,19)20)6-11(17)13(24)21-12/h3,5-8H,1,4H2,2H3/b9-5+. The van der Waals surface area contributed by atoms with E-state index < -0.39 is 11.7 Å². The van der Waals surface area contributed by atoms with E-state index in [1.165, 1.54) is 21.9 Å². The van der Waals surface area contributed by atoms with Crippen LogP contribution in [0.1, 0.15) is 23.9 Å². The molecule has 0 aliphatic heterocycles. The van der Waals surface area contributed by atoms with Crippen LogP contribution in [0.3, 0.4) is 0 Å². The number of imidazole rings is 1. The molecule has 0 N–H and O–H groups in total. The van der Waals surface area contributed by atoms with E-state index in [1.807, 2.05) is 13.0 Å². The van der Waals surface area contributed by atoms with Crippen molar-refractivity contribution >= 4 is 34.2 Å². The van der Waals surface area contributed by atoms with Crippen molar-refractivity contribution in [2.24, 2.45) is 0 Å². The summed E-state index contributed by atoms with van der Waals surface area (Å²) < 4.78 is 40.0. The van der Waals surface area contributed by atoms with Gasteiger partial charge in [-0.3, -0.25) is 0 Å². The third kappa shape index (κ3) is 3.45. The van der Waals surface area contributed by atoms with E-state index >= 15 is 0 Å². The molecule has 25 heavy (non-hydrogen) atoms. The molecule has 0 unspecified atom stereocenters. The maximum atomic E-state index is 12.9. The Morgan fingerprint density at radius 3 is 2.76 bits per heavy atom. The molecule has 0 bridgehead atoms. The van der Waals surface area contributed by atoms with Crippen LogP contribution in [-0.4, -0.2) is 19.6 Å². The fourth-order valence-corrected chi connectivity index (χ4v) is 3.40. The van der Waals surface area contributed by atoms with Gasteiger partial charge in [-0.2, -0.15) is 13.2 Å². The molecule has 0 atom stereocenters. The van der Waals surface area contributed by atoms with Crippen LogP contribution >= 0.6 is 22.9 Å². The summed E-state index contributed by atoms with van der Waals surface area (Å²) in [5.74, 6) is 0. The van der Waals surface area contributed by atoms with E-state index in [9.17, 15) is 13.2 Å². The summed E-state index contributed by atoms with van der Waals surface area (Å²) in [5, 5.41) is 9.36. The Bertz CT molecular complexity index is 972. The Kier molecular flexibility index (Phi) is 4.66. The van der Waals surface area contributed by atoms with Crippen molar-refractivity contribution in [2.75, 3.05) is 0 Å². The monoisotopic (exact) mass is 384 g/mol. The maximum absolute atomic E-state index is 12.9. The van der Waals surface area contributed by atoms with Crippen LogP contribution in [0.2, 0.25) is 5.02 Å². The molecule has 0 spiro atoms. The number of alkyl halides is 3. The summed E-state index contributed by atoms with van der Waals surface area (Å²) in [7, 11) is 0. The summed E-state index contributed by atoms with van der Waals surface area (Å²) in [6.45, 7) is 5.65. The number of halogens is 4. The molecule has 0 radical (unpaired) electrons. The minimum Gasteiger partial charge on any atom is -0.305 e. The van der Waals surface area contributed by atoms with Gasteiger partial charge in [0.05, 0.1) is 10.6 Å². The highest BCUT2D eigenvalue weighted by atomic mass is 35.5. The van der Waals surface area contributed by atoms with Gasteiger partial charge in [0.15, 0.2) is 10.7 Å². The van der Waals surface area contributed by atoms with Crippen LogP contribution in [0.15, 0.2) is 37.2 Å². The largest absolute Gasteiger partial charge is 0.417 e. The van der Waals surface area contributed by atoms with Crippen molar-refractivity contribution in [1.29, 1.82) is 0 Å². The molecule has 0 amide bonds. The van der Waals surface area contributed by atoms with Crippen molar-refractivity contribution in [3.05, 3.63) is 52.8 Å². The minimum absolute atomic E-state index is 0.0772. The fraction of sp³-hybridized carbons (Fsp3) is 0.188. The Balaban J connectivity index is 2.06. The van der Waals surface area contributed by atoms with Crippen LogP contribution in [0, 0.1) is 0 Å². The third-order valence-electron chi connectivity index (χ3n) is 3.45. The average molecular weight is 385 g/mol. The lowest BCUT2D eigenvalue weighted by atomic mass is 10.2. The van der Waals surface area contributed by atoms with E-state index in [0.717, 1.165) is 29.3 Å². The quantitative estimate of drug-likeness (QED) is 0.557. The van der Waals surface area contributed by atoms with Gasteiger partial charge in [0.2, 0.25) is 0 Å². The van der Waals surface area contributed by atoms with Crippen LogP contribution in [0.4, 0.5) is 13.2 Å². The summed E-state index contributed by atoms with van der Waals surface area (Å²) in [4.78, 5) is 4.28. The number of allylic oxidation sites excluding steroid dienone is 3. The molecular formula is C16H12ClF3N4S. The lowest BCUT2D eigenvalue weighted by Crippen LogP contribution is -2.06. The predicted molar refractivity (Wildman–Crippen MR) is 92.6 cm³/mol. The minimum atomic E-state index is -4.48.